The lowest BCUT2D eigenvalue weighted by atomic mass is 9.98. The van der Waals surface area contributed by atoms with Crippen LogP contribution in [-0.4, -0.2) is 102 Å². The molecule has 0 radical (unpaired) electrons. The molecule has 1 aliphatic rings. The molecule has 0 bridgehead atoms. The van der Waals surface area contributed by atoms with Crippen molar-refractivity contribution in [1.82, 2.24) is 39.8 Å². The van der Waals surface area contributed by atoms with Crippen LogP contribution < -0.4 is 10.6 Å². The first-order chi connectivity index (χ1) is 23.2. The Morgan fingerprint density at radius 1 is 0.604 bits per heavy atom. The van der Waals surface area contributed by atoms with Crippen molar-refractivity contribution >= 4 is 34.8 Å². The van der Waals surface area contributed by atoms with Gasteiger partial charge >= 0.3 is 0 Å². The SMILES string of the molecule is CCN(CC)CCC(=O)Nc1ccc(Cn2nnc3c2C(=O)c2nnn(Cc4ccc(NC(=O)CCN(CC)CC)cc4)c2C3=O)cc1. The number of aromatic nitrogens is 6. The van der Waals surface area contributed by atoms with Crippen molar-refractivity contribution in [2.24, 2.45) is 0 Å². The molecule has 14 heteroatoms. The van der Waals surface area contributed by atoms with Crippen molar-refractivity contribution in [1.29, 1.82) is 0 Å². The first kappa shape index (κ1) is 34.3. The van der Waals surface area contributed by atoms with Crippen molar-refractivity contribution in [3.63, 3.8) is 0 Å². The molecular formula is C34H42N10O4. The zero-order valence-corrected chi connectivity index (χ0v) is 27.9. The summed E-state index contributed by atoms with van der Waals surface area (Å²) in [5.41, 5.74) is 2.99. The quantitative estimate of drug-likeness (QED) is 0.162. The summed E-state index contributed by atoms with van der Waals surface area (Å²) in [5.74, 6) is -1.07. The van der Waals surface area contributed by atoms with Crippen LogP contribution in [0.3, 0.4) is 0 Å². The number of nitrogens with zero attached hydrogens (tertiary/aromatic N) is 8. The van der Waals surface area contributed by atoms with Crippen molar-refractivity contribution in [2.75, 3.05) is 49.9 Å². The molecule has 48 heavy (non-hydrogen) atoms. The number of ketones is 2. The first-order valence-electron chi connectivity index (χ1n) is 16.4. The molecule has 0 unspecified atom stereocenters. The highest BCUT2D eigenvalue weighted by Crippen LogP contribution is 2.26. The Bertz CT molecular complexity index is 1620. The highest BCUT2D eigenvalue weighted by atomic mass is 16.2. The molecule has 0 saturated heterocycles. The van der Waals surface area contributed by atoms with E-state index in [4.69, 9.17) is 0 Å². The van der Waals surface area contributed by atoms with Gasteiger partial charge in [-0.25, -0.2) is 9.36 Å². The van der Waals surface area contributed by atoms with Crippen LogP contribution >= 0.6 is 0 Å². The van der Waals surface area contributed by atoms with Crippen molar-refractivity contribution in [2.45, 2.75) is 53.6 Å². The van der Waals surface area contributed by atoms with E-state index >= 15 is 0 Å². The third kappa shape index (κ3) is 7.89. The smallest absolute Gasteiger partial charge is 0.236 e. The lowest BCUT2D eigenvalue weighted by Gasteiger charge is -2.17. The molecule has 2 N–H and O–H groups in total. The lowest BCUT2D eigenvalue weighted by Crippen LogP contribution is -2.27. The maximum absolute atomic E-state index is 13.5. The van der Waals surface area contributed by atoms with Gasteiger partial charge in [-0.05, 0) is 61.6 Å². The summed E-state index contributed by atoms with van der Waals surface area (Å²) in [6, 6.07) is 14.5. The summed E-state index contributed by atoms with van der Waals surface area (Å²) in [7, 11) is 0. The molecule has 2 aromatic carbocycles. The Balaban J connectivity index is 1.21. The molecule has 0 atom stereocenters. The summed E-state index contributed by atoms with van der Waals surface area (Å²) < 4.78 is 2.79. The number of fused-ring (bicyclic) bond motifs is 2. The van der Waals surface area contributed by atoms with Gasteiger partial charge in [0.1, 0.15) is 11.4 Å². The van der Waals surface area contributed by atoms with Gasteiger partial charge in [-0.1, -0.05) is 62.4 Å². The molecule has 2 amide bonds. The number of hydrogen-bond donors (Lipinski definition) is 2. The molecule has 2 heterocycles. The zero-order chi connectivity index (χ0) is 34.2. The average Bonchev–Trinajstić information content (AvgIpc) is 3.71. The molecule has 0 fully saturated rings. The van der Waals surface area contributed by atoms with Crippen molar-refractivity contribution in [3.8, 4) is 0 Å². The largest absolute Gasteiger partial charge is 0.326 e. The molecule has 252 valence electrons. The maximum atomic E-state index is 13.5. The van der Waals surface area contributed by atoms with E-state index in [1.165, 1.54) is 9.36 Å². The van der Waals surface area contributed by atoms with E-state index in [1.807, 2.05) is 24.3 Å². The van der Waals surface area contributed by atoms with Crippen LogP contribution in [0.5, 0.6) is 0 Å². The summed E-state index contributed by atoms with van der Waals surface area (Å²) in [4.78, 5) is 56.2. The van der Waals surface area contributed by atoms with E-state index in [9.17, 15) is 19.2 Å². The van der Waals surface area contributed by atoms with Gasteiger partial charge in [0.2, 0.25) is 23.4 Å². The minimum Gasteiger partial charge on any atom is -0.326 e. The Morgan fingerprint density at radius 3 is 1.29 bits per heavy atom. The zero-order valence-electron chi connectivity index (χ0n) is 27.9. The third-order valence-electron chi connectivity index (χ3n) is 8.57. The fourth-order valence-electron chi connectivity index (χ4n) is 5.61. The number of benzene rings is 2. The monoisotopic (exact) mass is 654 g/mol. The standard InChI is InChI=1S/C34H42N10O4/c1-5-41(6-2)19-17-27(45)35-25-13-9-23(10-14-25)21-43-31-29(37-39-43)34(48)32-30(33(31)47)38-40-44(32)22-24-11-15-26(16-12-24)36-28(46)18-20-42(7-3)8-4/h9-16H,5-8,17-22H2,1-4H3,(H,35,45)(H,36,46). The normalized spacial score (nSPS) is 12.4. The molecule has 1 aliphatic carbocycles. The van der Waals surface area contributed by atoms with Gasteiger partial charge in [-0.15, -0.1) is 10.2 Å². The molecule has 5 rings (SSSR count). The van der Waals surface area contributed by atoms with Crippen LogP contribution in [-0.2, 0) is 22.7 Å². The summed E-state index contributed by atoms with van der Waals surface area (Å²) in [5, 5.41) is 22.2. The fourth-order valence-corrected chi connectivity index (χ4v) is 5.61. The number of amides is 2. The molecule has 0 aliphatic heterocycles. The number of hydrogen-bond acceptors (Lipinski definition) is 10. The summed E-state index contributed by atoms with van der Waals surface area (Å²) in [6.07, 6.45) is 0.807. The van der Waals surface area contributed by atoms with E-state index in [-0.39, 0.29) is 47.7 Å². The van der Waals surface area contributed by atoms with Gasteiger partial charge in [-0.3, -0.25) is 19.2 Å². The number of carbonyl (C=O) groups excluding carboxylic acids is 4. The maximum Gasteiger partial charge on any atom is 0.236 e. The van der Waals surface area contributed by atoms with Gasteiger partial charge in [-0.2, -0.15) is 0 Å². The van der Waals surface area contributed by atoms with E-state index in [1.54, 1.807) is 24.3 Å². The van der Waals surface area contributed by atoms with Crippen LogP contribution in [0.4, 0.5) is 11.4 Å². The van der Waals surface area contributed by atoms with Crippen LogP contribution in [0.15, 0.2) is 48.5 Å². The number of rotatable bonds is 16. The Kier molecular flexibility index (Phi) is 11.2. The average molecular weight is 655 g/mol. The third-order valence-corrected chi connectivity index (χ3v) is 8.57. The lowest BCUT2D eigenvalue weighted by molar-refractivity contribution is -0.117. The summed E-state index contributed by atoms with van der Waals surface area (Å²) >= 11 is 0. The van der Waals surface area contributed by atoms with Crippen molar-refractivity contribution in [3.05, 3.63) is 82.4 Å². The van der Waals surface area contributed by atoms with Gasteiger partial charge in [0.05, 0.1) is 13.1 Å². The molecule has 0 spiro atoms. The molecule has 4 aromatic rings. The predicted octanol–water partition coefficient (Wildman–Crippen LogP) is 3.08. The van der Waals surface area contributed by atoms with Crippen LogP contribution in [0, 0.1) is 0 Å². The van der Waals surface area contributed by atoms with E-state index in [0.717, 1.165) is 37.3 Å². The Labute approximate surface area is 279 Å². The topological polar surface area (TPSA) is 160 Å². The van der Waals surface area contributed by atoms with Crippen molar-refractivity contribution < 1.29 is 19.2 Å². The fraction of sp³-hybridized carbons (Fsp3) is 0.412. The van der Waals surface area contributed by atoms with Gasteiger partial charge in [0, 0.05) is 37.3 Å². The number of carbonyl (C=O) groups is 4. The highest BCUT2D eigenvalue weighted by Gasteiger charge is 2.39. The van der Waals surface area contributed by atoms with Crippen LogP contribution in [0.2, 0.25) is 0 Å². The van der Waals surface area contributed by atoms with Crippen LogP contribution in [0.25, 0.3) is 0 Å². The minimum absolute atomic E-state index is 0.0455. The number of nitrogens with one attached hydrogen (secondary N) is 2. The second-order valence-electron chi connectivity index (χ2n) is 11.6. The second-order valence-corrected chi connectivity index (χ2v) is 11.6. The Morgan fingerprint density at radius 2 is 0.958 bits per heavy atom. The Hall–Kier alpha value is -5.08. The van der Waals surface area contributed by atoms with E-state index < -0.39 is 11.6 Å². The van der Waals surface area contributed by atoms with Gasteiger partial charge in [0.25, 0.3) is 0 Å². The molecule has 2 aromatic heterocycles. The minimum atomic E-state index is -0.476. The molecule has 14 nitrogen and oxygen atoms in total. The van der Waals surface area contributed by atoms with Gasteiger partial charge < -0.3 is 20.4 Å². The predicted molar refractivity (Wildman–Crippen MR) is 180 cm³/mol. The van der Waals surface area contributed by atoms with E-state index in [2.05, 4.69) is 68.8 Å². The second kappa shape index (κ2) is 15.7. The molecule has 0 saturated carbocycles. The summed E-state index contributed by atoms with van der Waals surface area (Å²) in [6.45, 7) is 13.6. The first-order valence-corrected chi connectivity index (χ1v) is 16.4. The molecular weight excluding hydrogens is 612 g/mol. The number of anilines is 2. The van der Waals surface area contributed by atoms with E-state index in [0.29, 0.717) is 37.3 Å². The van der Waals surface area contributed by atoms with Gasteiger partial charge in [0.15, 0.2) is 11.4 Å². The highest BCUT2D eigenvalue weighted by molar-refractivity contribution is 6.25. The van der Waals surface area contributed by atoms with Crippen LogP contribution in [0.1, 0.15) is 84.0 Å².